The van der Waals surface area contributed by atoms with E-state index in [9.17, 15) is 9.59 Å². The second-order valence-corrected chi connectivity index (χ2v) is 6.24. The molecule has 0 spiro atoms. The van der Waals surface area contributed by atoms with Crippen molar-refractivity contribution in [3.8, 4) is 0 Å². The van der Waals surface area contributed by atoms with E-state index >= 15 is 0 Å². The van der Waals surface area contributed by atoms with Gasteiger partial charge in [0.1, 0.15) is 0 Å². The minimum atomic E-state index is -0.124. The van der Waals surface area contributed by atoms with Gasteiger partial charge in [0.2, 0.25) is 5.91 Å². The number of nitrogens with zero attached hydrogens (tertiary/aromatic N) is 3. The van der Waals surface area contributed by atoms with Crippen LogP contribution in [0, 0.1) is 0 Å². The molecular weight excluding hydrogens is 318 g/mol. The summed E-state index contributed by atoms with van der Waals surface area (Å²) in [6.45, 7) is 4.55. The number of piperazine rings is 1. The minimum absolute atomic E-state index is 0.0523. The maximum atomic E-state index is 12.1. The molecule has 3 rings (SSSR count). The van der Waals surface area contributed by atoms with Crippen LogP contribution in [-0.4, -0.2) is 58.3 Å². The van der Waals surface area contributed by atoms with Gasteiger partial charge < -0.3 is 15.2 Å². The normalized spacial score (nSPS) is 18.2. The summed E-state index contributed by atoms with van der Waals surface area (Å²) >= 11 is 0. The van der Waals surface area contributed by atoms with Crippen molar-refractivity contribution in [2.75, 3.05) is 26.7 Å². The van der Waals surface area contributed by atoms with Crippen LogP contribution in [0.1, 0.15) is 34.6 Å². The van der Waals surface area contributed by atoms with Crippen molar-refractivity contribution < 1.29 is 9.59 Å². The Morgan fingerprint density at radius 1 is 1.36 bits per heavy atom. The number of imidazole rings is 1. The maximum absolute atomic E-state index is 12.1. The van der Waals surface area contributed by atoms with Crippen molar-refractivity contribution in [2.24, 2.45) is 0 Å². The fourth-order valence-electron chi connectivity index (χ4n) is 3.29. The molecule has 1 aliphatic heterocycles. The van der Waals surface area contributed by atoms with E-state index in [4.69, 9.17) is 0 Å². The van der Waals surface area contributed by atoms with Gasteiger partial charge in [-0.05, 0) is 17.7 Å². The molecule has 0 saturated carbocycles. The fourth-order valence-corrected chi connectivity index (χ4v) is 3.29. The SMILES string of the molecule is CNC(=O)c1cccc([C@H]2CN(Cc3cnc[nH]3)CCN2C(C)=O)c1. The summed E-state index contributed by atoms with van der Waals surface area (Å²) in [5.74, 6) is -0.0714. The molecule has 2 N–H and O–H groups in total. The Morgan fingerprint density at radius 3 is 2.88 bits per heavy atom. The van der Waals surface area contributed by atoms with E-state index in [1.54, 1.807) is 26.4 Å². The molecule has 0 radical (unpaired) electrons. The van der Waals surface area contributed by atoms with Crippen molar-refractivity contribution in [3.63, 3.8) is 0 Å². The molecular formula is C18H23N5O2. The zero-order valence-corrected chi connectivity index (χ0v) is 14.5. The quantitative estimate of drug-likeness (QED) is 0.875. The molecule has 1 aromatic heterocycles. The lowest BCUT2D eigenvalue weighted by Gasteiger charge is -2.41. The lowest BCUT2D eigenvalue weighted by molar-refractivity contribution is -0.134. The van der Waals surface area contributed by atoms with E-state index in [1.807, 2.05) is 29.3 Å². The molecule has 7 nitrogen and oxygen atoms in total. The standard InChI is InChI=1S/C18H23N5O2/c1-13(24)23-7-6-22(10-16-9-20-12-21-16)11-17(23)14-4-3-5-15(8-14)18(25)19-2/h3-5,8-9,12,17H,6-7,10-11H2,1-2H3,(H,19,25)(H,20,21)/t17-/m1/s1. The van der Waals surface area contributed by atoms with Gasteiger partial charge in [0, 0.05) is 57.6 Å². The molecule has 132 valence electrons. The summed E-state index contributed by atoms with van der Waals surface area (Å²) in [5.41, 5.74) is 2.63. The summed E-state index contributed by atoms with van der Waals surface area (Å²) in [6.07, 6.45) is 3.49. The van der Waals surface area contributed by atoms with Gasteiger partial charge in [-0.3, -0.25) is 14.5 Å². The van der Waals surface area contributed by atoms with E-state index in [0.717, 1.165) is 30.9 Å². The Hall–Kier alpha value is -2.67. The highest BCUT2D eigenvalue weighted by Crippen LogP contribution is 2.27. The first-order valence-corrected chi connectivity index (χ1v) is 8.37. The first-order chi connectivity index (χ1) is 12.1. The largest absolute Gasteiger partial charge is 0.355 e. The first-order valence-electron chi connectivity index (χ1n) is 8.37. The zero-order chi connectivity index (χ0) is 17.8. The van der Waals surface area contributed by atoms with Gasteiger partial charge >= 0.3 is 0 Å². The average molecular weight is 341 g/mol. The summed E-state index contributed by atoms with van der Waals surface area (Å²) in [4.78, 5) is 35.4. The molecule has 25 heavy (non-hydrogen) atoms. The van der Waals surface area contributed by atoms with E-state index < -0.39 is 0 Å². The second-order valence-electron chi connectivity index (χ2n) is 6.24. The molecule has 1 saturated heterocycles. The summed E-state index contributed by atoms with van der Waals surface area (Å²) in [5, 5.41) is 2.64. The summed E-state index contributed by atoms with van der Waals surface area (Å²) in [7, 11) is 1.61. The Balaban J connectivity index is 1.83. The topological polar surface area (TPSA) is 81.3 Å². The van der Waals surface area contributed by atoms with E-state index in [1.165, 1.54) is 0 Å². The van der Waals surface area contributed by atoms with Crippen molar-refractivity contribution >= 4 is 11.8 Å². The number of carbonyl (C=O) groups is 2. The van der Waals surface area contributed by atoms with Gasteiger partial charge in [-0.2, -0.15) is 0 Å². The third kappa shape index (κ3) is 3.88. The highest BCUT2D eigenvalue weighted by Gasteiger charge is 2.30. The predicted octanol–water partition coefficient (Wildman–Crippen LogP) is 1.17. The number of benzene rings is 1. The second kappa shape index (κ2) is 7.48. The monoisotopic (exact) mass is 341 g/mol. The van der Waals surface area contributed by atoms with Crippen LogP contribution >= 0.6 is 0 Å². The van der Waals surface area contributed by atoms with E-state index in [-0.39, 0.29) is 17.9 Å². The lowest BCUT2D eigenvalue weighted by Crippen LogP contribution is -2.49. The van der Waals surface area contributed by atoms with Gasteiger partial charge in [-0.15, -0.1) is 0 Å². The molecule has 0 aliphatic carbocycles. The summed E-state index contributed by atoms with van der Waals surface area (Å²) < 4.78 is 0. The van der Waals surface area contributed by atoms with Crippen molar-refractivity contribution in [3.05, 3.63) is 53.6 Å². The van der Waals surface area contributed by atoms with Gasteiger partial charge in [0.25, 0.3) is 5.91 Å². The highest BCUT2D eigenvalue weighted by molar-refractivity contribution is 5.94. The molecule has 1 fully saturated rings. The third-order valence-corrected chi connectivity index (χ3v) is 4.58. The number of aromatic amines is 1. The first kappa shape index (κ1) is 17.2. The molecule has 2 heterocycles. The number of nitrogens with one attached hydrogen (secondary N) is 2. The number of carbonyl (C=O) groups excluding carboxylic acids is 2. The molecule has 1 aliphatic rings. The van der Waals surface area contributed by atoms with Gasteiger partial charge in [0.15, 0.2) is 0 Å². The molecule has 2 aromatic rings. The molecule has 7 heteroatoms. The highest BCUT2D eigenvalue weighted by atomic mass is 16.2. The van der Waals surface area contributed by atoms with Crippen LogP contribution < -0.4 is 5.32 Å². The molecule has 1 aromatic carbocycles. The van der Waals surface area contributed by atoms with Crippen LogP contribution in [0.4, 0.5) is 0 Å². The third-order valence-electron chi connectivity index (χ3n) is 4.58. The van der Waals surface area contributed by atoms with Crippen LogP contribution in [0.25, 0.3) is 0 Å². The number of amides is 2. The maximum Gasteiger partial charge on any atom is 0.251 e. The fraction of sp³-hybridized carbons (Fsp3) is 0.389. The van der Waals surface area contributed by atoms with Crippen molar-refractivity contribution in [1.82, 2.24) is 25.1 Å². The van der Waals surface area contributed by atoms with Gasteiger partial charge in [-0.25, -0.2) is 4.98 Å². The zero-order valence-electron chi connectivity index (χ0n) is 14.5. The Labute approximate surface area is 147 Å². The minimum Gasteiger partial charge on any atom is -0.355 e. The Morgan fingerprint density at radius 2 is 2.20 bits per heavy atom. The summed E-state index contributed by atoms with van der Waals surface area (Å²) in [6, 6.07) is 7.43. The number of hydrogen-bond donors (Lipinski definition) is 2. The molecule has 0 bridgehead atoms. The van der Waals surface area contributed by atoms with Crippen LogP contribution in [0.3, 0.4) is 0 Å². The number of aromatic nitrogens is 2. The van der Waals surface area contributed by atoms with Gasteiger partial charge in [0.05, 0.1) is 12.4 Å². The van der Waals surface area contributed by atoms with E-state index in [2.05, 4.69) is 20.2 Å². The number of rotatable bonds is 4. The van der Waals surface area contributed by atoms with Crippen molar-refractivity contribution in [1.29, 1.82) is 0 Å². The van der Waals surface area contributed by atoms with Crippen LogP contribution in [0.15, 0.2) is 36.8 Å². The van der Waals surface area contributed by atoms with Crippen LogP contribution in [-0.2, 0) is 11.3 Å². The van der Waals surface area contributed by atoms with E-state index in [0.29, 0.717) is 12.1 Å². The number of H-pyrrole nitrogens is 1. The smallest absolute Gasteiger partial charge is 0.251 e. The van der Waals surface area contributed by atoms with Crippen LogP contribution in [0.5, 0.6) is 0 Å². The predicted molar refractivity (Wildman–Crippen MR) is 93.8 cm³/mol. The molecule has 2 amide bonds. The molecule has 1 atom stereocenters. The van der Waals surface area contributed by atoms with Crippen LogP contribution in [0.2, 0.25) is 0 Å². The molecule has 0 unspecified atom stereocenters. The average Bonchev–Trinajstić information content (AvgIpc) is 3.14. The number of hydrogen-bond acceptors (Lipinski definition) is 4. The Bertz CT molecular complexity index is 744. The lowest BCUT2D eigenvalue weighted by atomic mass is 9.99. The van der Waals surface area contributed by atoms with Gasteiger partial charge in [-0.1, -0.05) is 12.1 Å². The van der Waals surface area contributed by atoms with Crippen molar-refractivity contribution in [2.45, 2.75) is 19.5 Å². The Kier molecular flexibility index (Phi) is 5.14.